The van der Waals surface area contributed by atoms with Crippen molar-refractivity contribution in [2.75, 3.05) is 6.61 Å². The number of esters is 1. The van der Waals surface area contributed by atoms with Crippen LogP contribution in [-0.2, 0) is 14.3 Å². The number of hydrogen-bond donors (Lipinski definition) is 2. The maximum atomic E-state index is 12.0. The molecule has 0 bridgehead atoms. The van der Waals surface area contributed by atoms with Gasteiger partial charge in [-0.1, -0.05) is 18.6 Å². The fourth-order valence-corrected chi connectivity index (χ4v) is 2.74. The summed E-state index contributed by atoms with van der Waals surface area (Å²) in [6.07, 6.45) is 3.34. The summed E-state index contributed by atoms with van der Waals surface area (Å²) in [5, 5.41) is 19.9. The summed E-state index contributed by atoms with van der Waals surface area (Å²) >= 11 is 0. The monoisotopic (exact) mass is 280 g/mol. The zero-order valence-electron chi connectivity index (χ0n) is 11.8. The number of aliphatic hydroxyl groups excluding tert-OH is 1. The number of ether oxygens (including phenoxy) is 1. The summed E-state index contributed by atoms with van der Waals surface area (Å²) in [5.74, 6) is -2.84. The molecule has 1 aliphatic carbocycles. The van der Waals surface area contributed by atoms with Crippen LogP contribution in [0, 0.1) is 5.92 Å². The largest absolute Gasteiger partial charge is 0.426 e. The van der Waals surface area contributed by atoms with Gasteiger partial charge in [0, 0.05) is 24.3 Å². The summed E-state index contributed by atoms with van der Waals surface area (Å²) in [4.78, 5) is 23.7. The zero-order valence-corrected chi connectivity index (χ0v) is 11.8. The minimum absolute atomic E-state index is 0.00697. The first-order valence-corrected chi connectivity index (χ1v) is 6.85. The van der Waals surface area contributed by atoms with Crippen molar-refractivity contribution in [3.63, 3.8) is 0 Å². The van der Waals surface area contributed by atoms with E-state index in [1.54, 1.807) is 6.92 Å². The van der Waals surface area contributed by atoms with Crippen LogP contribution >= 0.6 is 0 Å². The number of Topliss-reactive ketones (excluding diaryl/α,β-unsaturated/α-hetero) is 1. The van der Waals surface area contributed by atoms with Crippen LogP contribution in [0.25, 0.3) is 0 Å². The first-order valence-electron chi connectivity index (χ1n) is 6.85. The van der Waals surface area contributed by atoms with Crippen molar-refractivity contribution < 1.29 is 24.5 Å². The van der Waals surface area contributed by atoms with Crippen LogP contribution in [0.15, 0.2) is 22.8 Å². The molecule has 0 fully saturated rings. The van der Waals surface area contributed by atoms with Gasteiger partial charge in [0.15, 0.2) is 0 Å². The van der Waals surface area contributed by atoms with E-state index in [9.17, 15) is 19.8 Å². The Balaban J connectivity index is 2.42. The lowest BCUT2D eigenvalue weighted by Crippen LogP contribution is -2.36. The minimum atomic E-state index is -1.75. The molecule has 2 atom stereocenters. The van der Waals surface area contributed by atoms with Gasteiger partial charge in [0.05, 0.1) is 12.2 Å². The molecule has 1 heterocycles. The van der Waals surface area contributed by atoms with Crippen molar-refractivity contribution in [1.82, 2.24) is 0 Å². The second kappa shape index (κ2) is 5.50. The van der Waals surface area contributed by atoms with E-state index in [-0.39, 0.29) is 17.8 Å². The van der Waals surface area contributed by atoms with Gasteiger partial charge in [0.2, 0.25) is 5.79 Å². The Morgan fingerprint density at radius 1 is 1.40 bits per heavy atom. The summed E-state index contributed by atoms with van der Waals surface area (Å²) < 4.78 is 5.05. The predicted octanol–water partition coefficient (Wildman–Crippen LogP) is 1.25. The zero-order chi connectivity index (χ0) is 14.9. The van der Waals surface area contributed by atoms with Crippen molar-refractivity contribution in [2.45, 2.75) is 45.3 Å². The Morgan fingerprint density at radius 3 is 2.75 bits per heavy atom. The van der Waals surface area contributed by atoms with E-state index < -0.39 is 24.3 Å². The molecule has 0 amide bonds. The molecular formula is C15H20O5. The van der Waals surface area contributed by atoms with Gasteiger partial charge >= 0.3 is 5.97 Å². The normalized spacial score (nSPS) is 34.4. The minimum Gasteiger partial charge on any atom is -0.426 e. The number of ketones is 1. The molecule has 2 aliphatic rings. The van der Waals surface area contributed by atoms with E-state index >= 15 is 0 Å². The molecule has 0 unspecified atom stereocenters. The van der Waals surface area contributed by atoms with Gasteiger partial charge in [0.25, 0.3) is 0 Å². The topological polar surface area (TPSA) is 83.8 Å². The van der Waals surface area contributed by atoms with Crippen LogP contribution in [-0.4, -0.2) is 34.4 Å². The quantitative estimate of drug-likeness (QED) is 0.558. The van der Waals surface area contributed by atoms with Crippen LogP contribution in [0.1, 0.15) is 39.5 Å². The van der Waals surface area contributed by atoms with Crippen molar-refractivity contribution >= 4 is 11.8 Å². The molecule has 0 aromatic rings. The van der Waals surface area contributed by atoms with Gasteiger partial charge < -0.3 is 14.9 Å². The molecule has 0 saturated carbocycles. The Labute approximate surface area is 117 Å². The van der Waals surface area contributed by atoms with Crippen molar-refractivity contribution in [2.24, 2.45) is 5.92 Å². The van der Waals surface area contributed by atoms with Gasteiger partial charge in [-0.25, -0.2) is 4.79 Å². The number of carbonyl (C=O) groups excluding carboxylic acids is 2. The van der Waals surface area contributed by atoms with Gasteiger partial charge in [-0.3, -0.25) is 4.79 Å². The van der Waals surface area contributed by atoms with Crippen molar-refractivity contribution in [1.29, 1.82) is 0 Å². The fourth-order valence-electron chi connectivity index (χ4n) is 2.74. The predicted molar refractivity (Wildman–Crippen MR) is 71.5 cm³/mol. The highest BCUT2D eigenvalue weighted by atomic mass is 16.7. The highest BCUT2D eigenvalue weighted by Gasteiger charge is 2.47. The first kappa shape index (κ1) is 14.9. The molecule has 2 rings (SSSR count). The Kier molecular flexibility index (Phi) is 4.11. The second-order valence-corrected chi connectivity index (χ2v) is 5.62. The Morgan fingerprint density at radius 2 is 2.10 bits per heavy atom. The number of hydrogen-bond acceptors (Lipinski definition) is 5. The molecule has 0 aromatic heterocycles. The fraction of sp³-hybridized carbons (Fsp3) is 0.600. The number of fused-ring (bicyclic) bond motifs is 1. The Bertz CT molecular complexity index is 502. The number of allylic oxidation sites excluding steroid dienone is 2. The van der Waals surface area contributed by atoms with Gasteiger partial charge in [-0.05, 0) is 19.8 Å². The van der Waals surface area contributed by atoms with E-state index in [4.69, 9.17) is 4.74 Å². The first-order chi connectivity index (χ1) is 9.37. The average Bonchev–Trinajstić information content (AvgIpc) is 2.62. The van der Waals surface area contributed by atoms with E-state index in [1.807, 2.05) is 13.0 Å². The standard InChI is InChI=1S/C15H20O5/c1-9-3-5-12-11(8-16)14(18)20-15(12,19)7-10(2)13(17)6-4-9/h4,10,16,19H,3,5-8H2,1-2H3/b9-4+/t10-,15-/m1/s1. The van der Waals surface area contributed by atoms with Crippen LogP contribution in [0.4, 0.5) is 0 Å². The molecule has 0 saturated heterocycles. The van der Waals surface area contributed by atoms with E-state index in [0.29, 0.717) is 24.8 Å². The van der Waals surface area contributed by atoms with Gasteiger partial charge in [-0.2, -0.15) is 0 Å². The van der Waals surface area contributed by atoms with Crippen molar-refractivity contribution in [3.8, 4) is 0 Å². The van der Waals surface area contributed by atoms with Crippen molar-refractivity contribution in [3.05, 3.63) is 22.8 Å². The third-order valence-electron chi connectivity index (χ3n) is 4.06. The van der Waals surface area contributed by atoms with E-state index in [1.165, 1.54) is 0 Å². The smallest absolute Gasteiger partial charge is 0.339 e. The van der Waals surface area contributed by atoms with E-state index in [0.717, 1.165) is 5.57 Å². The molecule has 5 heteroatoms. The molecule has 0 spiro atoms. The third kappa shape index (κ3) is 2.69. The summed E-state index contributed by atoms with van der Waals surface area (Å²) in [5.41, 5.74) is 1.57. The summed E-state index contributed by atoms with van der Waals surface area (Å²) in [7, 11) is 0. The van der Waals surface area contributed by atoms with Crippen LogP contribution in [0.5, 0.6) is 0 Å². The van der Waals surface area contributed by atoms with Gasteiger partial charge in [0.1, 0.15) is 5.78 Å². The molecule has 110 valence electrons. The van der Waals surface area contributed by atoms with Crippen LogP contribution in [0.3, 0.4) is 0 Å². The second-order valence-electron chi connectivity index (χ2n) is 5.62. The summed E-state index contributed by atoms with van der Waals surface area (Å²) in [6.45, 7) is 3.17. The summed E-state index contributed by atoms with van der Waals surface area (Å²) in [6, 6.07) is 0. The third-order valence-corrected chi connectivity index (χ3v) is 4.06. The highest BCUT2D eigenvalue weighted by Crippen LogP contribution is 2.39. The molecule has 2 N–H and O–H groups in total. The van der Waals surface area contributed by atoms with E-state index in [2.05, 4.69) is 0 Å². The maximum absolute atomic E-state index is 12.0. The number of carbonyl (C=O) groups is 2. The lowest BCUT2D eigenvalue weighted by atomic mass is 9.85. The molecule has 0 radical (unpaired) electrons. The number of aliphatic hydroxyl groups is 2. The van der Waals surface area contributed by atoms with Crippen LogP contribution in [0.2, 0.25) is 0 Å². The van der Waals surface area contributed by atoms with Gasteiger partial charge in [-0.15, -0.1) is 0 Å². The molecule has 0 aromatic carbocycles. The lowest BCUT2D eigenvalue weighted by molar-refractivity contribution is -0.188. The molecule has 1 aliphatic heterocycles. The maximum Gasteiger partial charge on any atom is 0.339 e. The molecule has 20 heavy (non-hydrogen) atoms. The molecule has 5 nitrogen and oxygen atoms in total. The number of rotatable bonds is 1. The average molecular weight is 280 g/mol. The Hall–Kier alpha value is -1.46. The SMILES string of the molecule is C/C1=C\CC(=O)[C@H](C)C[C@@]2(O)OC(=O)C(CO)=C2CC1. The molecular weight excluding hydrogens is 260 g/mol. The van der Waals surface area contributed by atoms with Crippen LogP contribution < -0.4 is 0 Å². The highest BCUT2D eigenvalue weighted by molar-refractivity contribution is 5.93. The lowest BCUT2D eigenvalue weighted by Gasteiger charge is -2.28.